The van der Waals surface area contributed by atoms with Crippen LogP contribution in [-0.2, 0) is 0 Å². The predicted molar refractivity (Wildman–Crippen MR) is 44.7 cm³/mol. The SMILES string of the molecule is C#Cc1cncc(C#CC)c1. The number of rotatable bonds is 0. The van der Waals surface area contributed by atoms with Crippen LogP contribution >= 0.6 is 0 Å². The van der Waals surface area contributed by atoms with Gasteiger partial charge in [-0.2, -0.15) is 0 Å². The molecular formula is C10H7N. The topological polar surface area (TPSA) is 12.9 Å². The lowest BCUT2D eigenvalue weighted by atomic mass is 10.2. The van der Waals surface area contributed by atoms with Crippen LogP contribution in [0.2, 0.25) is 0 Å². The summed E-state index contributed by atoms with van der Waals surface area (Å²) in [5, 5.41) is 0. The molecule has 0 unspecified atom stereocenters. The van der Waals surface area contributed by atoms with Crippen molar-refractivity contribution in [2.24, 2.45) is 0 Å². The van der Waals surface area contributed by atoms with Crippen LogP contribution < -0.4 is 0 Å². The maximum Gasteiger partial charge on any atom is 0.0441 e. The molecule has 0 saturated carbocycles. The fourth-order valence-electron chi connectivity index (χ4n) is 0.732. The van der Waals surface area contributed by atoms with Crippen molar-refractivity contribution in [3.05, 3.63) is 29.6 Å². The lowest BCUT2D eigenvalue weighted by Crippen LogP contribution is -1.80. The van der Waals surface area contributed by atoms with E-state index in [1.165, 1.54) is 0 Å². The molecule has 1 nitrogen and oxygen atoms in total. The lowest BCUT2D eigenvalue weighted by Gasteiger charge is -1.89. The Bertz CT molecular complexity index is 347. The predicted octanol–water partition coefficient (Wildman–Crippen LogP) is 1.43. The molecule has 52 valence electrons. The number of hydrogen-bond donors (Lipinski definition) is 0. The molecule has 0 fully saturated rings. The Morgan fingerprint density at radius 1 is 1.36 bits per heavy atom. The van der Waals surface area contributed by atoms with E-state index < -0.39 is 0 Å². The summed E-state index contributed by atoms with van der Waals surface area (Å²) in [7, 11) is 0. The van der Waals surface area contributed by atoms with Gasteiger partial charge in [-0.3, -0.25) is 4.98 Å². The summed E-state index contributed by atoms with van der Waals surface area (Å²) < 4.78 is 0. The second kappa shape index (κ2) is 3.44. The van der Waals surface area contributed by atoms with E-state index in [0.717, 1.165) is 11.1 Å². The highest BCUT2D eigenvalue weighted by atomic mass is 14.6. The van der Waals surface area contributed by atoms with Crippen LogP contribution in [0.5, 0.6) is 0 Å². The standard InChI is InChI=1S/C10H7N/c1-3-5-10-6-9(4-2)7-11-8-10/h2,6-8H,1H3. The quantitative estimate of drug-likeness (QED) is 0.498. The van der Waals surface area contributed by atoms with Crippen molar-refractivity contribution in [2.75, 3.05) is 0 Å². The van der Waals surface area contributed by atoms with Crippen LogP contribution in [0, 0.1) is 24.2 Å². The van der Waals surface area contributed by atoms with E-state index in [4.69, 9.17) is 6.42 Å². The highest BCUT2D eigenvalue weighted by molar-refractivity contribution is 5.39. The third-order valence-electron chi connectivity index (χ3n) is 1.17. The van der Waals surface area contributed by atoms with Crippen LogP contribution in [0.4, 0.5) is 0 Å². The van der Waals surface area contributed by atoms with Gasteiger partial charge in [-0.15, -0.1) is 12.3 Å². The molecule has 0 amide bonds. The van der Waals surface area contributed by atoms with E-state index in [1.807, 2.05) is 6.07 Å². The second-order valence-electron chi connectivity index (χ2n) is 1.98. The second-order valence-corrected chi connectivity index (χ2v) is 1.98. The van der Waals surface area contributed by atoms with Gasteiger partial charge >= 0.3 is 0 Å². The molecular weight excluding hydrogens is 134 g/mol. The van der Waals surface area contributed by atoms with Crippen LogP contribution in [-0.4, -0.2) is 4.98 Å². The molecule has 0 bridgehead atoms. The Balaban J connectivity index is 3.10. The zero-order valence-electron chi connectivity index (χ0n) is 6.26. The van der Waals surface area contributed by atoms with Gasteiger partial charge in [0.2, 0.25) is 0 Å². The fourth-order valence-corrected chi connectivity index (χ4v) is 0.732. The van der Waals surface area contributed by atoms with Gasteiger partial charge in [-0.05, 0) is 13.0 Å². The van der Waals surface area contributed by atoms with Crippen molar-refractivity contribution in [2.45, 2.75) is 6.92 Å². The van der Waals surface area contributed by atoms with Gasteiger partial charge in [0.15, 0.2) is 0 Å². The van der Waals surface area contributed by atoms with Crippen molar-refractivity contribution in [3.63, 3.8) is 0 Å². The highest BCUT2D eigenvalue weighted by Gasteiger charge is 1.88. The number of pyridine rings is 1. The van der Waals surface area contributed by atoms with Gasteiger partial charge in [0.25, 0.3) is 0 Å². The molecule has 0 atom stereocenters. The minimum Gasteiger partial charge on any atom is -0.262 e. The molecule has 0 saturated heterocycles. The van der Waals surface area contributed by atoms with Gasteiger partial charge in [-0.1, -0.05) is 11.8 Å². The Labute approximate surface area is 66.5 Å². The van der Waals surface area contributed by atoms with Crippen molar-refractivity contribution in [3.8, 4) is 24.2 Å². The van der Waals surface area contributed by atoms with Crippen LogP contribution in [0.3, 0.4) is 0 Å². The number of nitrogens with zero attached hydrogens (tertiary/aromatic N) is 1. The van der Waals surface area contributed by atoms with Crippen LogP contribution in [0.1, 0.15) is 18.1 Å². The van der Waals surface area contributed by atoms with Crippen LogP contribution in [0.25, 0.3) is 0 Å². The Morgan fingerprint density at radius 3 is 2.73 bits per heavy atom. The molecule has 1 aromatic rings. The first-order valence-corrected chi connectivity index (χ1v) is 3.21. The van der Waals surface area contributed by atoms with Crippen LogP contribution in [0.15, 0.2) is 18.5 Å². The molecule has 1 aromatic heterocycles. The first-order valence-electron chi connectivity index (χ1n) is 3.21. The maximum atomic E-state index is 5.18. The summed E-state index contributed by atoms with van der Waals surface area (Å²) in [5.41, 5.74) is 1.63. The van der Waals surface area contributed by atoms with E-state index in [9.17, 15) is 0 Å². The summed E-state index contributed by atoms with van der Waals surface area (Å²) in [6, 6.07) is 1.84. The van der Waals surface area contributed by atoms with Gasteiger partial charge in [-0.25, -0.2) is 0 Å². The third kappa shape index (κ3) is 1.85. The molecule has 1 heterocycles. The van der Waals surface area contributed by atoms with Gasteiger partial charge in [0, 0.05) is 23.5 Å². The van der Waals surface area contributed by atoms with Gasteiger partial charge in [0.05, 0.1) is 0 Å². The minimum atomic E-state index is 0.769. The molecule has 0 N–H and O–H groups in total. The van der Waals surface area contributed by atoms with E-state index in [-0.39, 0.29) is 0 Å². The fraction of sp³-hybridized carbons (Fsp3) is 0.100. The summed E-state index contributed by atoms with van der Waals surface area (Å²) >= 11 is 0. The highest BCUT2D eigenvalue weighted by Crippen LogP contribution is 1.98. The van der Waals surface area contributed by atoms with Gasteiger partial charge < -0.3 is 0 Å². The average molecular weight is 141 g/mol. The van der Waals surface area contributed by atoms with E-state index in [0.29, 0.717) is 0 Å². The van der Waals surface area contributed by atoms with E-state index in [2.05, 4.69) is 22.7 Å². The Morgan fingerprint density at radius 2 is 2.09 bits per heavy atom. The van der Waals surface area contributed by atoms with Crippen molar-refractivity contribution < 1.29 is 0 Å². The minimum absolute atomic E-state index is 0.769. The zero-order valence-corrected chi connectivity index (χ0v) is 6.26. The molecule has 0 aliphatic heterocycles. The Hall–Kier alpha value is -1.73. The summed E-state index contributed by atoms with van der Waals surface area (Å²) in [6.07, 6.45) is 8.51. The first-order chi connectivity index (χ1) is 5.36. The molecule has 1 rings (SSSR count). The Kier molecular flexibility index (Phi) is 2.31. The maximum absolute atomic E-state index is 5.18. The smallest absolute Gasteiger partial charge is 0.0441 e. The third-order valence-corrected chi connectivity index (χ3v) is 1.17. The molecule has 11 heavy (non-hydrogen) atoms. The first kappa shape index (κ1) is 7.38. The zero-order chi connectivity index (χ0) is 8.10. The largest absolute Gasteiger partial charge is 0.262 e. The van der Waals surface area contributed by atoms with Crippen molar-refractivity contribution in [1.29, 1.82) is 0 Å². The van der Waals surface area contributed by atoms with E-state index in [1.54, 1.807) is 19.3 Å². The monoisotopic (exact) mass is 141 g/mol. The number of terminal acetylenes is 1. The molecule has 0 spiro atoms. The number of hydrogen-bond acceptors (Lipinski definition) is 1. The van der Waals surface area contributed by atoms with Gasteiger partial charge in [0.1, 0.15) is 0 Å². The molecule has 0 aliphatic carbocycles. The summed E-state index contributed by atoms with van der Waals surface area (Å²) in [4.78, 5) is 3.93. The molecule has 0 aliphatic rings. The average Bonchev–Trinajstić information content (AvgIpc) is 2.06. The van der Waals surface area contributed by atoms with Crippen molar-refractivity contribution >= 4 is 0 Å². The summed E-state index contributed by atoms with van der Waals surface area (Å²) in [5.74, 6) is 8.15. The molecule has 0 radical (unpaired) electrons. The van der Waals surface area contributed by atoms with Crippen molar-refractivity contribution in [1.82, 2.24) is 4.98 Å². The summed E-state index contributed by atoms with van der Waals surface area (Å²) in [6.45, 7) is 1.78. The van der Waals surface area contributed by atoms with E-state index >= 15 is 0 Å². The molecule has 0 aromatic carbocycles. The normalized spacial score (nSPS) is 7.64. The number of aromatic nitrogens is 1. The molecule has 1 heteroatoms. The lowest BCUT2D eigenvalue weighted by molar-refractivity contribution is 1.30.